The van der Waals surface area contributed by atoms with Crippen LogP contribution in [0.3, 0.4) is 0 Å². The zero-order valence-corrected chi connectivity index (χ0v) is 23.1. The van der Waals surface area contributed by atoms with Crippen LogP contribution in [0.1, 0.15) is 0 Å². The van der Waals surface area contributed by atoms with Gasteiger partial charge in [-0.2, -0.15) is 0 Å². The number of rotatable bonds is 30. The lowest BCUT2D eigenvalue weighted by molar-refractivity contribution is -0.0246. The van der Waals surface area contributed by atoms with E-state index in [1.165, 1.54) is 0 Å². The van der Waals surface area contributed by atoms with Crippen LogP contribution in [0.2, 0.25) is 0 Å². The molecule has 0 unspecified atom stereocenters. The van der Waals surface area contributed by atoms with Crippen molar-refractivity contribution in [1.29, 1.82) is 0 Å². The second-order valence-corrected chi connectivity index (χ2v) is 10.8. The Morgan fingerprint density at radius 1 is 0.297 bits per heavy atom. The third-order valence-electron chi connectivity index (χ3n) is 4.03. The van der Waals surface area contributed by atoms with Gasteiger partial charge in [-0.15, -0.1) is 0 Å². The van der Waals surface area contributed by atoms with Gasteiger partial charge in [0.05, 0.1) is 131 Å². The first-order valence-electron chi connectivity index (χ1n) is 12.0. The van der Waals surface area contributed by atoms with Crippen LogP contribution in [0, 0.1) is 0 Å². The average Bonchev–Trinajstić information content (AvgIpc) is 2.81. The van der Waals surface area contributed by atoms with E-state index in [1.54, 1.807) is 0 Å². The zero-order valence-electron chi connectivity index (χ0n) is 21.3. The van der Waals surface area contributed by atoms with Gasteiger partial charge in [0.25, 0.3) is 0 Å². The quantitative estimate of drug-likeness (QED) is 0.0620. The first-order chi connectivity index (χ1) is 17.7. The molecule has 17 heteroatoms. The van der Waals surface area contributed by atoms with Crippen LogP contribution in [-0.4, -0.2) is 151 Å². The number of hydrogen-bond donors (Lipinski definition) is 4. The van der Waals surface area contributed by atoms with Crippen molar-refractivity contribution in [2.24, 2.45) is 0 Å². The molecular formula is C20H44O15P2. The van der Waals surface area contributed by atoms with E-state index in [0.717, 1.165) is 0 Å². The first kappa shape index (κ1) is 36.9. The van der Waals surface area contributed by atoms with Crippen molar-refractivity contribution >= 4 is 15.2 Å². The monoisotopic (exact) mass is 586 g/mol. The van der Waals surface area contributed by atoms with Crippen molar-refractivity contribution in [3.05, 3.63) is 0 Å². The van der Waals surface area contributed by atoms with E-state index >= 15 is 0 Å². The van der Waals surface area contributed by atoms with E-state index in [1.807, 2.05) is 0 Å². The van der Waals surface area contributed by atoms with E-state index in [0.29, 0.717) is 92.5 Å². The molecule has 0 fully saturated rings. The molecule has 0 aromatic carbocycles. The Bertz CT molecular complexity index is 524. The molecule has 0 saturated heterocycles. The van der Waals surface area contributed by atoms with E-state index in [2.05, 4.69) is 0 Å². The summed E-state index contributed by atoms with van der Waals surface area (Å²) in [7, 11) is -8.00. The van der Waals surface area contributed by atoms with E-state index in [4.69, 9.17) is 62.2 Å². The molecule has 15 nitrogen and oxygen atoms in total. The van der Waals surface area contributed by atoms with Crippen LogP contribution in [0.15, 0.2) is 0 Å². The zero-order chi connectivity index (χ0) is 27.5. The van der Waals surface area contributed by atoms with Gasteiger partial charge in [0.15, 0.2) is 0 Å². The third-order valence-corrected chi connectivity index (χ3v) is 5.56. The lowest BCUT2D eigenvalue weighted by atomic mass is 10.6. The predicted octanol–water partition coefficient (Wildman–Crippen LogP) is -0.509. The maximum absolute atomic E-state index is 10.6. The Morgan fingerprint density at radius 2 is 0.432 bits per heavy atom. The fraction of sp³-hybridized carbons (Fsp3) is 1.00. The van der Waals surface area contributed by atoms with Crippen molar-refractivity contribution in [2.75, 3.05) is 131 Å². The molecule has 0 radical (unpaired) electrons. The molecule has 0 bridgehead atoms. The van der Waals surface area contributed by atoms with Gasteiger partial charge in [0, 0.05) is 0 Å². The lowest BCUT2D eigenvalue weighted by Gasteiger charge is -2.09. The van der Waals surface area contributed by atoms with Crippen LogP contribution < -0.4 is 0 Å². The molecule has 0 amide bonds. The molecule has 224 valence electrons. The van der Waals surface area contributed by atoms with Crippen LogP contribution >= 0.6 is 15.2 Å². The van der Waals surface area contributed by atoms with Gasteiger partial charge < -0.3 is 62.2 Å². The normalized spacial score (nSPS) is 12.4. The molecule has 0 spiro atoms. The van der Waals surface area contributed by atoms with Gasteiger partial charge in [0.2, 0.25) is 0 Å². The van der Waals surface area contributed by atoms with Gasteiger partial charge in [0.1, 0.15) is 0 Å². The summed E-state index contributed by atoms with van der Waals surface area (Å²) >= 11 is 0. The van der Waals surface area contributed by atoms with Gasteiger partial charge in [-0.05, 0) is 0 Å². The van der Waals surface area contributed by atoms with E-state index in [9.17, 15) is 9.13 Å². The Labute approximate surface area is 218 Å². The molecule has 0 saturated carbocycles. The number of ether oxygens (including phenoxy) is 9. The van der Waals surface area contributed by atoms with E-state index < -0.39 is 15.2 Å². The molecule has 0 aliphatic carbocycles. The van der Waals surface area contributed by atoms with Gasteiger partial charge in [-0.3, -0.25) is 9.13 Å². The summed E-state index contributed by atoms with van der Waals surface area (Å²) in [6.45, 7) is 6.35. The van der Waals surface area contributed by atoms with Crippen LogP contribution in [0.5, 0.6) is 0 Å². The van der Waals surface area contributed by atoms with Crippen molar-refractivity contribution in [3.8, 4) is 0 Å². The SMILES string of the molecule is O=P(O)(O)CCOCCOCCOCCOCCOCCOCCOCCOCCOCCP(=O)(O)O. The molecule has 0 rings (SSSR count). The Kier molecular flexibility index (Phi) is 26.1. The summed E-state index contributed by atoms with van der Waals surface area (Å²) < 4.78 is 68.7. The largest absolute Gasteiger partial charge is 0.378 e. The molecular weight excluding hydrogens is 542 g/mol. The maximum atomic E-state index is 10.6. The molecule has 0 aliphatic heterocycles. The summed E-state index contributed by atoms with van der Waals surface area (Å²) in [5.41, 5.74) is 0. The third kappa shape index (κ3) is 35.9. The van der Waals surface area contributed by atoms with Gasteiger partial charge in [-0.1, -0.05) is 0 Å². The molecule has 37 heavy (non-hydrogen) atoms. The van der Waals surface area contributed by atoms with Crippen molar-refractivity contribution in [1.82, 2.24) is 0 Å². The lowest BCUT2D eigenvalue weighted by Crippen LogP contribution is -2.15. The molecule has 0 heterocycles. The smallest absolute Gasteiger partial charge is 0.327 e. The second-order valence-electron chi connectivity index (χ2n) is 7.29. The van der Waals surface area contributed by atoms with Crippen LogP contribution in [-0.2, 0) is 51.8 Å². The number of hydrogen-bond acceptors (Lipinski definition) is 11. The molecule has 0 aromatic heterocycles. The minimum Gasteiger partial charge on any atom is -0.378 e. The minimum absolute atomic E-state index is 0.00102. The summed E-state index contributed by atoms with van der Waals surface area (Å²) in [6.07, 6.45) is -0.588. The average molecular weight is 587 g/mol. The molecule has 0 aliphatic rings. The summed E-state index contributed by atoms with van der Waals surface area (Å²) in [5, 5.41) is 0. The fourth-order valence-electron chi connectivity index (χ4n) is 2.23. The summed E-state index contributed by atoms with van der Waals surface area (Å²) in [6, 6.07) is 0. The minimum atomic E-state index is -4.00. The van der Waals surface area contributed by atoms with Gasteiger partial charge >= 0.3 is 15.2 Å². The first-order valence-corrected chi connectivity index (χ1v) is 15.6. The standard InChI is InChI=1S/C20H44O15P2/c21-36(22,23)19-17-34-15-13-32-11-9-30-7-5-28-3-1-27-2-4-29-6-8-31-10-12-33-14-16-35-18-20-37(24,25)26/h1-20H2,(H2,21,22,23)(H2,24,25,26). The second kappa shape index (κ2) is 26.2. The summed E-state index contributed by atoms with van der Waals surface area (Å²) in [4.78, 5) is 34.7. The Balaban J connectivity index is 3.08. The molecule has 0 atom stereocenters. The predicted molar refractivity (Wildman–Crippen MR) is 131 cm³/mol. The maximum Gasteiger partial charge on any atom is 0.327 e. The Morgan fingerprint density at radius 3 is 0.568 bits per heavy atom. The highest BCUT2D eigenvalue weighted by Crippen LogP contribution is 2.33. The van der Waals surface area contributed by atoms with Crippen molar-refractivity contribution in [2.45, 2.75) is 0 Å². The Hall–Kier alpha value is -0.0600. The van der Waals surface area contributed by atoms with Crippen LogP contribution in [0.4, 0.5) is 0 Å². The van der Waals surface area contributed by atoms with Crippen molar-refractivity contribution in [3.63, 3.8) is 0 Å². The molecule has 4 N–H and O–H groups in total. The van der Waals surface area contributed by atoms with Crippen LogP contribution in [0.25, 0.3) is 0 Å². The highest BCUT2D eigenvalue weighted by molar-refractivity contribution is 7.52. The highest BCUT2D eigenvalue weighted by Gasteiger charge is 2.12. The topological polar surface area (TPSA) is 198 Å². The molecule has 0 aromatic rings. The highest BCUT2D eigenvalue weighted by atomic mass is 31.2. The van der Waals surface area contributed by atoms with Crippen molar-refractivity contribution < 1.29 is 71.3 Å². The van der Waals surface area contributed by atoms with E-state index in [-0.39, 0.29) is 38.8 Å². The fourth-order valence-corrected chi connectivity index (χ4v) is 2.96. The summed E-state index contributed by atoms with van der Waals surface area (Å²) in [5.74, 6) is 0. The van der Waals surface area contributed by atoms with Gasteiger partial charge in [-0.25, -0.2) is 0 Å².